The Bertz CT molecular complexity index is 744. The van der Waals surface area contributed by atoms with Crippen molar-refractivity contribution in [2.45, 2.75) is 39.0 Å². The van der Waals surface area contributed by atoms with Crippen LogP contribution in [0.2, 0.25) is 0 Å². The van der Waals surface area contributed by atoms with Crippen molar-refractivity contribution in [1.29, 1.82) is 0 Å². The summed E-state index contributed by atoms with van der Waals surface area (Å²) in [5.74, 6) is -0.0957. The highest BCUT2D eigenvalue weighted by molar-refractivity contribution is 7.17. The first kappa shape index (κ1) is 15.8. The van der Waals surface area contributed by atoms with E-state index in [0.717, 1.165) is 37.7 Å². The summed E-state index contributed by atoms with van der Waals surface area (Å²) in [6, 6.07) is 1.63. The molecule has 122 valence electrons. The summed E-state index contributed by atoms with van der Waals surface area (Å²) in [6.07, 6.45) is 6.62. The van der Waals surface area contributed by atoms with Gasteiger partial charge < -0.3 is 14.5 Å². The first-order chi connectivity index (χ1) is 11.1. The number of hydrogen-bond donors (Lipinski definition) is 1. The summed E-state index contributed by atoms with van der Waals surface area (Å²) >= 11 is 1.49. The molecule has 2 aromatic heterocycles. The second kappa shape index (κ2) is 6.58. The number of nitrogens with one attached hydrogen (secondary N) is 1. The molecule has 0 spiro atoms. The Hall–Kier alpha value is -2.08. The molecule has 1 N–H and O–H groups in total. The van der Waals surface area contributed by atoms with Crippen LogP contribution in [0, 0.1) is 6.92 Å². The molecule has 1 amide bonds. The van der Waals surface area contributed by atoms with E-state index >= 15 is 0 Å². The van der Waals surface area contributed by atoms with Crippen molar-refractivity contribution in [3.05, 3.63) is 39.7 Å². The van der Waals surface area contributed by atoms with E-state index in [1.165, 1.54) is 29.6 Å². The number of rotatable bonds is 3. The predicted octanol–water partition coefficient (Wildman–Crippen LogP) is 3.96. The molecule has 0 bridgehead atoms. The van der Waals surface area contributed by atoms with E-state index in [1.54, 1.807) is 13.0 Å². The lowest BCUT2D eigenvalue weighted by Gasteiger charge is -2.07. The first-order valence-electron chi connectivity index (χ1n) is 7.70. The van der Waals surface area contributed by atoms with Crippen LogP contribution in [-0.4, -0.2) is 19.0 Å². The van der Waals surface area contributed by atoms with Gasteiger partial charge in [0.2, 0.25) is 0 Å². The summed E-state index contributed by atoms with van der Waals surface area (Å²) in [5.41, 5.74) is 2.03. The van der Waals surface area contributed by atoms with Gasteiger partial charge in [-0.3, -0.25) is 4.79 Å². The van der Waals surface area contributed by atoms with Crippen molar-refractivity contribution >= 4 is 28.2 Å². The summed E-state index contributed by atoms with van der Waals surface area (Å²) in [7, 11) is 1.37. The molecule has 0 aliphatic heterocycles. The molecule has 1 aliphatic rings. The van der Waals surface area contributed by atoms with E-state index in [1.807, 2.05) is 0 Å². The van der Waals surface area contributed by atoms with Crippen LogP contribution in [0.15, 0.2) is 16.7 Å². The molecule has 0 saturated carbocycles. The molecule has 2 aromatic rings. The maximum atomic E-state index is 12.4. The second-order valence-corrected chi connectivity index (χ2v) is 6.71. The number of aryl methyl sites for hydroxylation is 2. The maximum Gasteiger partial charge on any atom is 0.341 e. The normalized spacial score (nSPS) is 14.0. The van der Waals surface area contributed by atoms with Gasteiger partial charge in [0.1, 0.15) is 10.8 Å². The minimum atomic E-state index is -0.386. The number of anilines is 1. The van der Waals surface area contributed by atoms with Gasteiger partial charge >= 0.3 is 5.97 Å². The van der Waals surface area contributed by atoms with Gasteiger partial charge in [0, 0.05) is 4.88 Å². The molecule has 0 fully saturated rings. The standard InChI is InChI=1S/C17H19NO4S/c1-10-11(8-9-22-10)15(19)18-16-14(17(20)21-2)12-6-4-3-5-7-13(12)23-16/h8-9H,3-7H2,1-2H3,(H,18,19). The minimum absolute atomic E-state index is 0.266. The van der Waals surface area contributed by atoms with E-state index < -0.39 is 0 Å². The van der Waals surface area contributed by atoms with Gasteiger partial charge in [0.05, 0.1) is 24.5 Å². The van der Waals surface area contributed by atoms with Crippen molar-refractivity contribution in [2.75, 3.05) is 12.4 Å². The predicted molar refractivity (Wildman–Crippen MR) is 88.3 cm³/mol. The van der Waals surface area contributed by atoms with Gasteiger partial charge in [0.25, 0.3) is 5.91 Å². The van der Waals surface area contributed by atoms with E-state index in [4.69, 9.17) is 9.15 Å². The lowest BCUT2D eigenvalue weighted by atomic mass is 10.1. The van der Waals surface area contributed by atoms with Crippen molar-refractivity contribution in [3.63, 3.8) is 0 Å². The number of hydrogen-bond acceptors (Lipinski definition) is 5. The zero-order valence-corrected chi connectivity index (χ0v) is 14.0. The molecule has 0 atom stereocenters. The van der Waals surface area contributed by atoms with Gasteiger partial charge in [-0.25, -0.2) is 4.79 Å². The molecule has 0 saturated heterocycles. The van der Waals surface area contributed by atoms with Crippen molar-refractivity contribution in [3.8, 4) is 0 Å². The molecule has 23 heavy (non-hydrogen) atoms. The number of thiophene rings is 1. The molecular formula is C17H19NO4S. The first-order valence-corrected chi connectivity index (χ1v) is 8.51. The molecule has 0 unspecified atom stereocenters. The Labute approximate surface area is 138 Å². The molecule has 5 nitrogen and oxygen atoms in total. The molecule has 1 aliphatic carbocycles. The Morgan fingerprint density at radius 3 is 2.74 bits per heavy atom. The number of fused-ring (bicyclic) bond motifs is 1. The van der Waals surface area contributed by atoms with Crippen molar-refractivity contribution in [1.82, 2.24) is 0 Å². The van der Waals surface area contributed by atoms with E-state index in [9.17, 15) is 9.59 Å². The molecule has 0 radical (unpaired) electrons. The molecular weight excluding hydrogens is 314 g/mol. The van der Waals surface area contributed by atoms with Crippen molar-refractivity contribution < 1.29 is 18.7 Å². The third kappa shape index (κ3) is 3.03. The Balaban J connectivity index is 1.97. The molecule has 3 rings (SSSR count). The van der Waals surface area contributed by atoms with Gasteiger partial charge in [-0.15, -0.1) is 11.3 Å². The second-order valence-electron chi connectivity index (χ2n) is 5.60. The minimum Gasteiger partial charge on any atom is -0.469 e. The number of amides is 1. The largest absolute Gasteiger partial charge is 0.469 e. The van der Waals surface area contributed by atoms with Gasteiger partial charge in [-0.2, -0.15) is 0 Å². The van der Waals surface area contributed by atoms with Crippen LogP contribution in [0.5, 0.6) is 0 Å². The SMILES string of the molecule is COC(=O)c1c(NC(=O)c2ccoc2C)sc2c1CCCCC2. The number of carbonyl (C=O) groups is 2. The molecule has 0 aromatic carbocycles. The van der Waals surface area contributed by atoms with E-state index in [2.05, 4.69) is 5.32 Å². The number of carbonyl (C=O) groups excluding carboxylic acids is 2. The number of methoxy groups -OCH3 is 1. The summed E-state index contributed by atoms with van der Waals surface area (Å²) in [4.78, 5) is 25.8. The maximum absolute atomic E-state index is 12.4. The number of furan rings is 1. The Kier molecular flexibility index (Phi) is 4.52. The van der Waals surface area contributed by atoms with Gasteiger partial charge in [-0.05, 0) is 44.2 Å². The van der Waals surface area contributed by atoms with Crippen LogP contribution >= 0.6 is 11.3 Å². The van der Waals surface area contributed by atoms with Crippen LogP contribution in [0.1, 0.15) is 56.2 Å². The fourth-order valence-electron chi connectivity index (χ4n) is 2.94. The fourth-order valence-corrected chi connectivity index (χ4v) is 4.21. The number of esters is 1. The van der Waals surface area contributed by atoms with Gasteiger partial charge in [-0.1, -0.05) is 6.42 Å². The average Bonchev–Trinajstić information content (AvgIpc) is 3.03. The monoisotopic (exact) mass is 333 g/mol. The zero-order chi connectivity index (χ0) is 16.4. The summed E-state index contributed by atoms with van der Waals surface area (Å²) in [6.45, 7) is 1.74. The van der Waals surface area contributed by atoms with Crippen LogP contribution in [0.3, 0.4) is 0 Å². The smallest absolute Gasteiger partial charge is 0.341 e. The van der Waals surface area contributed by atoms with Crippen LogP contribution in [-0.2, 0) is 17.6 Å². The quantitative estimate of drug-likeness (QED) is 0.682. The highest BCUT2D eigenvalue weighted by atomic mass is 32.1. The van der Waals surface area contributed by atoms with Crippen LogP contribution in [0.25, 0.3) is 0 Å². The van der Waals surface area contributed by atoms with Crippen LogP contribution in [0.4, 0.5) is 5.00 Å². The Morgan fingerprint density at radius 1 is 1.26 bits per heavy atom. The lowest BCUT2D eigenvalue weighted by molar-refractivity contribution is 0.0601. The third-order valence-corrected chi connectivity index (χ3v) is 5.35. The Morgan fingerprint density at radius 2 is 2.04 bits per heavy atom. The highest BCUT2D eigenvalue weighted by Gasteiger charge is 2.26. The third-order valence-electron chi connectivity index (χ3n) is 4.14. The molecule has 6 heteroatoms. The van der Waals surface area contributed by atoms with Gasteiger partial charge in [0.15, 0.2) is 0 Å². The van der Waals surface area contributed by atoms with E-state index in [-0.39, 0.29) is 11.9 Å². The average molecular weight is 333 g/mol. The number of ether oxygens (including phenoxy) is 1. The summed E-state index contributed by atoms with van der Waals surface area (Å²) in [5, 5.41) is 3.44. The highest BCUT2D eigenvalue weighted by Crippen LogP contribution is 2.38. The molecule has 2 heterocycles. The van der Waals surface area contributed by atoms with Crippen LogP contribution < -0.4 is 5.32 Å². The summed E-state index contributed by atoms with van der Waals surface area (Å²) < 4.78 is 10.1. The lowest BCUT2D eigenvalue weighted by Crippen LogP contribution is -2.14. The zero-order valence-electron chi connectivity index (χ0n) is 13.2. The fraction of sp³-hybridized carbons (Fsp3) is 0.412. The topological polar surface area (TPSA) is 68.5 Å². The van der Waals surface area contributed by atoms with E-state index in [0.29, 0.717) is 21.9 Å². The van der Waals surface area contributed by atoms with Crippen molar-refractivity contribution in [2.24, 2.45) is 0 Å².